The van der Waals surface area contributed by atoms with Crippen molar-refractivity contribution in [1.29, 1.82) is 0 Å². The number of fused-ring (bicyclic) bond motifs is 4. The zero-order valence-electron chi connectivity index (χ0n) is 28.6. The van der Waals surface area contributed by atoms with Crippen LogP contribution in [0.5, 0.6) is 0 Å². The van der Waals surface area contributed by atoms with Gasteiger partial charge in [-0.3, -0.25) is 4.57 Å². The normalized spacial score (nSPS) is 14.5. The van der Waals surface area contributed by atoms with Crippen LogP contribution >= 0.6 is 0 Å². The Morgan fingerprint density at radius 3 is 1.85 bits per heavy atom. The van der Waals surface area contributed by atoms with Crippen LogP contribution in [0.1, 0.15) is 11.0 Å². The fourth-order valence-electron chi connectivity index (χ4n) is 5.59. The van der Waals surface area contributed by atoms with Crippen LogP contribution in [0.25, 0.3) is 71.6 Å². The van der Waals surface area contributed by atoms with Crippen molar-refractivity contribution in [2.24, 2.45) is 0 Å². The van der Waals surface area contributed by atoms with Crippen LogP contribution in [0.3, 0.4) is 0 Å². The predicted molar refractivity (Wildman–Crippen MR) is 164 cm³/mol. The summed E-state index contributed by atoms with van der Waals surface area (Å²) in [6, 6.07) is 27.1. The van der Waals surface area contributed by atoms with Gasteiger partial charge >= 0.3 is 0 Å². The Kier molecular flexibility index (Phi) is 3.40. The van der Waals surface area contributed by atoms with Gasteiger partial charge in [-0.1, -0.05) is 121 Å². The molecule has 1 aromatic heterocycles. The van der Waals surface area contributed by atoms with Gasteiger partial charge < -0.3 is 0 Å². The summed E-state index contributed by atoms with van der Waals surface area (Å²) in [7, 11) is 0. The Balaban J connectivity index is 1.74. The lowest BCUT2D eigenvalue weighted by molar-refractivity contribution is 1.11. The van der Waals surface area contributed by atoms with E-state index in [2.05, 4.69) is 0 Å². The van der Waals surface area contributed by atoms with Gasteiger partial charge in [0.2, 0.25) is 0 Å². The van der Waals surface area contributed by atoms with Gasteiger partial charge in [0.25, 0.3) is 0 Å². The van der Waals surface area contributed by atoms with Crippen molar-refractivity contribution in [2.75, 3.05) is 0 Å². The zero-order valence-corrected chi connectivity index (χ0v) is 20.6. The second-order valence-corrected chi connectivity index (χ2v) is 9.37. The molecule has 0 aliphatic carbocycles. The first-order valence-electron chi connectivity index (χ1n) is 16.7. The Hall–Kier alpha value is -5.21. The summed E-state index contributed by atoms with van der Waals surface area (Å²) in [4.78, 5) is 5.02. The van der Waals surface area contributed by atoms with Gasteiger partial charge in [-0.15, -0.1) is 0 Å². The van der Waals surface area contributed by atoms with Crippen LogP contribution in [-0.4, -0.2) is 9.55 Å². The van der Waals surface area contributed by atoms with E-state index >= 15 is 0 Å². The molecule has 0 amide bonds. The number of para-hydroxylation sites is 3. The largest absolute Gasteiger partial charge is 0.292 e. The van der Waals surface area contributed by atoms with Crippen LogP contribution in [0.15, 0.2) is 145 Å². The number of hydrogen-bond donors (Lipinski definition) is 0. The van der Waals surface area contributed by atoms with Gasteiger partial charge in [0.15, 0.2) is 0 Å². The minimum atomic E-state index is -0.449. The van der Waals surface area contributed by atoms with Crippen molar-refractivity contribution in [3.05, 3.63) is 145 Å². The summed E-state index contributed by atoms with van der Waals surface area (Å²) in [5.74, 6) is 0.298. The third kappa shape index (κ3) is 3.32. The lowest BCUT2D eigenvalue weighted by Gasteiger charge is -2.19. The molecule has 7 aromatic carbocycles. The fourth-order valence-corrected chi connectivity index (χ4v) is 5.59. The van der Waals surface area contributed by atoms with Crippen LogP contribution in [0.2, 0.25) is 0 Å². The average molecular weight is 505 g/mol. The Bertz CT molecular complexity index is 2530. The smallest absolute Gasteiger partial charge is 0.146 e. The molecule has 8 rings (SSSR count). The third-order valence-corrected chi connectivity index (χ3v) is 7.23. The predicted octanol–water partition coefficient (Wildman–Crippen LogP) is 9.82. The second-order valence-electron chi connectivity index (χ2n) is 9.37. The SMILES string of the molecule is [2H]c1c([2H])c([2H])c2c(-c3nc4ccccc4n3-c3ccccc3)c3c([2H])c([2H])c([2H])c([2H])c3c(-c3cccc4ccccc34)c2c1[2H]. The maximum Gasteiger partial charge on any atom is 0.146 e. The number of benzene rings is 7. The molecule has 0 aliphatic rings. The lowest BCUT2D eigenvalue weighted by Crippen LogP contribution is -1.99. The van der Waals surface area contributed by atoms with Crippen LogP contribution in [-0.2, 0) is 0 Å². The first-order valence-corrected chi connectivity index (χ1v) is 12.7. The standard InChI is InChI=1S/C37H24N2/c1-2-15-26(16-3-1)39-34-24-11-10-23-33(34)38-37(39)36-31-20-8-6-18-29(31)35(30-19-7-9-21-32(30)36)28-22-12-14-25-13-4-5-17-27(25)28/h1-24H/i6D,7D,8D,9D,18D,19D,20D,21D. The molecule has 0 bridgehead atoms. The summed E-state index contributed by atoms with van der Waals surface area (Å²) >= 11 is 0. The molecule has 2 heteroatoms. The number of aromatic nitrogens is 2. The monoisotopic (exact) mass is 504 g/mol. The highest BCUT2D eigenvalue weighted by atomic mass is 15.1. The van der Waals surface area contributed by atoms with E-state index in [-0.39, 0.29) is 51.3 Å². The number of nitrogens with zero attached hydrogens (tertiary/aromatic N) is 2. The molecule has 0 saturated carbocycles. The second kappa shape index (κ2) is 8.68. The zero-order chi connectivity index (χ0) is 32.7. The average Bonchev–Trinajstić information content (AvgIpc) is 3.49. The molecule has 0 aliphatic heterocycles. The maximum absolute atomic E-state index is 9.32. The number of hydrogen-bond acceptors (Lipinski definition) is 1. The Morgan fingerprint density at radius 1 is 0.513 bits per heavy atom. The first kappa shape index (κ1) is 15.3. The van der Waals surface area contributed by atoms with Crippen LogP contribution < -0.4 is 0 Å². The molecule has 39 heavy (non-hydrogen) atoms. The molecular formula is C37H24N2. The topological polar surface area (TPSA) is 17.8 Å². The van der Waals surface area contributed by atoms with E-state index < -0.39 is 24.2 Å². The van der Waals surface area contributed by atoms with E-state index in [1.165, 1.54) is 0 Å². The van der Waals surface area contributed by atoms with Crippen molar-refractivity contribution >= 4 is 43.4 Å². The number of rotatable bonds is 3. The van der Waals surface area contributed by atoms with Crippen molar-refractivity contribution < 1.29 is 11.0 Å². The van der Waals surface area contributed by atoms with Gasteiger partial charge in [0.05, 0.1) is 22.0 Å². The van der Waals surface area contributed by atoms with Crippen LogP contribution in [0.4, 0.5) is 0 Å². The Morgan fingerprint density at radius 2 is 1.10 bits per heavy atom. The molecule has 0 spiro atoms. The maximum atomic E-state index is 9.32. The van der Waals surface area contributed by atoms with Gasteiger partial charge in [-0.25, -0.2) is 4.98 Å². The summed E-state index contributed by atoms with van der Waals surface area (Å²) in [5, 5.41) is 2.23. The highest BCUT2D eigenvalue weighted by molar-refractivity contribution is 6.23. The highest BCUT2D eigenvalue weighted by Gasteiger charge is 2.22. The van der Waals surface area contributed by atoms with Gasteiger partial charge in [0, 0.05) is 11.3 Å². The minimum Gasteiger partial charge on any atom is -0.292 e. The molecule has 0 atom stereocenters. The van der Waals surface area contributed by atoms with E-state index in [0.717, 1.165) is 22.0 Å². The third-order valence-electron chi connectivity index (χ3n) is 7.23. The van der Waals surface area contributed by atoms with Crippen molar-refractivity contribution in [2.45, 2.75) is 0 Å². The summed E-state index contributed by atoms with van der Waals surface area (Å²) in [6.07, 6.45) is 0. The van der Waals surface area contributed by atoms with E-state index in [1.54, 1.807) is 0 Å². The molecule has 2 nitrogen and oxygen atoms in total. The molecule has 8 aromatic rings. The van der Waals surface area contributed by atoms with E-state index in [0.29, 0.717) is 22.5 Å². The molecule has 0 saturated heterocycles. The van der Waals surface area contributed by atoms with Crippen LogP contribution in [0, 0.1) is 0 Å². The fraction of sp³-hybridized carbons (Fsp3) is 0. The van der Waals surface area contributed by atoms with Crippen molar-refractivity contribution in [3.63, 3.8) is 0 Å². The van der Waals surface area contributed by atoms with E-state index in [9.17, 15) is 5.48 Å². The molecule has 182 valence electrons. The molecule has 0 radical (unpaired) electrons. The van der Waals surface area contributed by atoms with Crippen molar-refractivity contribution in [1.82, 2.24) is 9.55 Å². The summed E-state index contributed by atoms with van der Waals surface area (Å²) < 4.78 is 74.1. The highest BCUT2D eigenvalue weighted by Crippen LogP contribution is 2.45. The molecule has 0 unspecified atom stereocenters. The summed E-state index contributed by atoms with van der Waals surface area (Å²) in [5.41, 5.74) is 3.20. The number of imidazole rings is 1. The molecule has 1 heterocycles. The van der Waals surface area contributed by atoms with Crippen molar-refractivity contribution in [3.8, 4) is 28.2 Å². The Labute approximate surface area is 237 Å². The first-order chi connectivity index (χ1) is 22.7. The van der Waals surface area contributed by atoms with E-state index in [1.807, 2.05) is 102 Å². The quantitative estimate of drug-likeness (QED) is 0.219. The molecular weight excluding hydrogens is 472 g/mol. The van der Waals surface area contributed by atoms with Gasteiger partial charge in [-0.05, 0) is 67.7 Å². The molecule has 0 fully saturated rings. The molecule has 0 N–H and O–H groups in total. The van der Waals surface area contributed by atoms with E-state index in [4.69, 9.17) is 10.5 Å². The van der Waals surface area contributed by atoms with Gasteiger partial charge in [-0.2, -0.15) is 0 Å². The van der Waals surface area contributed by atoms with Gasteiger partial charge in [0.1, 0.15) is 5.82 Å². The lowest BCUT2D eigenvalue weighted by atomic mass is 9.86. The summed E-state index contributed by atoms with van der Waals surface area (Å²) in [6.45, 7) is 0. The minimum absolute atomic E-state index is 0.129.